The lowest BCUT2D eigenvalue weighted by Crippen LogP contribution is -1.98. The first-order chi connectivity index (χ1) is 8.49. The minimum Gasteiger partial charge on any atom is -0.507 e. The maximum Gasteiger partial charge on any atom is 0.123 e. The van der Waals surface area contributed by atoms with E-state index in [4.69, 9.17) is 0 Å². The van der Waals surface area contributed by atoms with E-state index in [1.165, 1.54) is 12.1 Å². The fourth-order valence-corrected chi connectivity index (χ4v) is 2.25. The lowest BCUT2D eigenvalue weighted by molar-refractivity contribution is 0.461. The SMILES string of the molecule is Cc1cc(C)c(O)c([C@H](C)c2ccc(F)cc2)c1. The second kappa shape index (κ2) is 4.81. The summed E-state index contributed by atoms with van der Waals surface area (Å²) < 4.78 is 12.9. The first-order valence-corrected chi connectivity index (χ1v) is 6.04. The summed E-state index contributed by atoms with van der Waals surface area (Å²) in [4.78, 5) is 0. The molecule has 0 saturated carbocycles. The zero-order valence-electron chi connectivity index (χ0n) is 10.9. The number of benzene rings is 2. The van der Waals surface area contributed by atoms with Crippen LogP contribution in [0.3, 0.4) is 0 Å². The maximum absolute atomic E-state index is 12.9. The molecule has 0 bridgehead atoms. The van der Waals surface area contributed by atoms with Crippen molar-refractivity contribution in [2.75, 3.05) is 0 Å². The summed E-state index contributed by atoms with van der Waals surface area (Å²) in [5.74, 6) is 0.136. The lowest BCUT2D eigenvalue weighted by Gasteiger charge is -2.16. The average molecular weight is 244 g/mol. The van der Waals surface area contributed by atoms with Crippen LogP contribution in [0.25, 0.3) is 0 Å². The topological polar surface area (TPSA) is 20.2 Å². The molecule has 2 aromatic rings. The van der Waals surface area contributed by atoms with Gasteiger partial charge >= 0.3 is 0 Å². The van der Waals surface area contributed by atoms with Gasteiger partial charge in [-0.3, -0.25) is 0 Å². The molecule has 2 rings (SSSR count). The minimum atomic E-state index is -0.240. The fourth-order valence-electron chi connectivity index (χ4n) is 2.25. The van der Waals surface area contributed by atoms with Gasteiger partial charge in [-0.2, -0.15) is 0 Å². The van der Waals surface area contributed by atoms with Crippen molar-refractivity contribution in [1.82, 2.24) is 0 Å². The van der Waals surface area contributed by atoms with Crippen LogP contribution in [0.5, 0.6) is 5.75 Å². The number of rotatable bonds is 2. The Bertz CT molecular complexity index is 558. The highest BCUT2D eigenvalue weighted by Crippen LogP contribution is 2.34. The summed E-state index contributed by atoms with van der Waals surface area (Å²) in [6.07, 6.45) is 0. The van der Waals surface area contributed by atoms with Crippen LogP contribution < -0.4 is 0 Å². The molecule has 2 heteroatoms. The van der Waals surface area contributed by atoms with Gasteiger partial charge in [0.2, 0.25) is 0 Å². The molecule has 2 aromatic carbocycles. The molecule has 0 fully saturated rings. The van der Waals surface area contributed by atoms with Crippen molar-refractivity contribution in [3.63, 3.8) is 0 Å². The Morgan fingerprint density at radius 2 is 1.67 bits per heavy atom. The van der Waals surface area contributed by atoms with E-state index in [1.54, 1.807) is 12.1 Å². The molecule has 1 atom stereocenters. The van der Waals surface area contributed by atoms with Gasteiger partial charge in [-0.25, -0.2) is 4.39 Å². The van der Waals surface area contributed by atoms with Crippen molar-refractivity contribution < 1.29 is 9.50 Å². The van der Waals surface area contributed by atoms with E-state index in [2.05, 4.69) is 0 Å². The highest BCUT2D eigenvalue weighted by molar-refractivity contribution is 5.47. The van der Waals surface area contributed by atoms with E-state index in [0.29, 0.717) is 5.75 Å². The monoisotopic (exact) mass is 244 g/mol. The molecule has 0 radical (unpaired) electrons. The second-order valence-electron chi connectivity index (χ2n) is 4.79. The molecule has 94 valence electrons. The number of halogens is 1. The van der Waals surface area contributed by atoms with Crippen molar-refractivity contribution >= 4 is 0 Å². The third-order valence-corrected chi connectivity index (χ3v) is 3.31. The first-order valence-electron chi connectivity index (χ1n) is 6.04. The molecule has 0 unspecified atom stereocenters. The largest absolute Gasteiger partial charge is 0.507 e. The van der Waals surface area contributed by atoms with Gasteiger partial charge in [0.25, 0.3) is 0 Å². The van der Waals surface area contributed by atoms with E-state index in [0.717, 1.165) is 22.3 Å². The molecule has 0 heterocycles. The molecule has 0 aliphatic carbocycles. The third kappa shape index (κ3) is 2.37. The van der Waals surface area contributed by atoms with E-state index < -0.39 is 0 Å². The number of phenolic OH excluding ortho intramolecular Hbond substituents is 1. The van der Waals surface area contributed by atoms with Gasteiger partial charge < -0.3 is 5.11 Å². The molecule has 0 amide bonds. The summed E-state index contributed by atoms with van der Waals surface area (Å²) in [7, 11) is 0. The van der Waals surface area contributed by atoms with Crippen LogP contribution in [0.15, 0.2) is 36.4 Å². The van der Waals surface area contributed by atoms with Crippen LogP contribution in [0, 0.1) is 19.7 Å². The Labute approximate surface area is 107 Å². The van der Waals surface area contributed by atoms with Gasteiger partial charge in [0, 0.05) is 11.5 Å². The molecule has 0 saturated heterocycles. The molecule has 1 N–H and O–H groups in total. The van der Waals surface area contributed by atoms with Crippen molar-refractivity contribution in [3.8, 4) is 5.75 Å². The standard InChI is InChI=1S/C16H17FO/c1-10-8-11(2)16(18)15(9-10)12(3)13-4-6-14(17)7-5-13/h4-9,12,18H,1-3H3/t12-/m1/s1. The van der Waals surface area contributed by atoms with E-state index in [1.807, 2.05) is 32.9 Å². The van der Waals surface area contributed by atoms with Crippen LogP contribution >= 0.6 is 0 Å². The van der Waals surface area contributed by atoms with Crippen LogP contribution in [0.4, 0.5) is 4.39 Å². The smallest absolute Gasteiger partial charge is 0.123 e. The Kier molecular flexibility index (Phi) is 3.37. The van der Waals surface area contributed by atoms with Gasteiger partial charge in [0.15, 0.2) is 0 Å². The van der Waals surface area contributed by atoms with E-state index in [9.17, 15) is 9.50 Å². The summed E-state index contributed by atoms with van der Waals surface area (Å²) >= 11 is 0. The van der Waals surface area contributed by atoms with Crippen molar-refractivity contribution in [3.05, 3.63) is 64.5 Å². The quantitative estimate of drug-likeness (QED) is 0.835. The minimum absolute atomic E-state index is 0.0456. The summed E-state index contributed by atoms with van der Waals surface area (Å²) in [6, 6.07) is 10.4. The van der Waals surface area contributed by atoms with Crippen LogP contribution in [0.2, 0.25) is 0 Å². The molecule has 0 aliphatic heterocycles. The first kappa shape index (κ1) is 12.6. The molecular formula is C16H17FO. The van der Waals surface area contributed by atoms with Crippen LogP contribution in [-0.2, 0) is 0 Å². The maximum atomic E-state index is 12.9. The fraction of sp³-hybridized carbons (Fsp3) is 0.250. The molecule has 1 nitrogen and oxygen atoms in total. The third-order valence-electron chi connectivity index (χ3n) is 3.31. The van der Waals surface area contributed by atoms with Gasteiger partial charge in [-0.1, -0.05) is 36.8 Å². The van der Waals surface area contributed by atoms with Gasteiger partial charge in [0.1, 0.15) is 11.6 Å². The molecule has 0 spiro atoms. The van der Waals surface area contributed by atoms with Gasteiger partial charge in [-0.05, 0) is 37.1 Å². The van der Waals surface area contributed by atoms with Crippen LogP contribution in [0.1, 0.15) is 35.1 Å². The Morgan fingerprint density at radius 1 is 1.06 bits per heavy atom. The Balaban J connectivity index is 2.45. The predicted molar refractivity (Wildman–Crippen MR) is 71.5 cm³/mol. The zero-order chi connectivity index (χ0) is 13.3. The molecule has 18 heavy (non-hydrogen) atoms. The van der Waals surface area contributed by atoms with Crippen molar-refractivity contribution in [1.29, 1.82) is 0 Å². The van der Waals surface area contributed by atoms with Crippen molar-refractivity contribution in [2.24, 2.45) is 0 Å². The highest BCUT2D eigenvalue weighted by Gasteiger charge is 2.14. The number of phenols is 1. The Hall–Kier alpha value is -1.83. The van der Waals surface area contributed by atoms with Gasteiger partial charge in [0.05, 0.1) is 0 Å². The number of hydrogen-bond acceptors (Lipinski definition) is 1. The predicted octanol–water partition coefficient (Wildman–Crippen LogP) is 4.30. The average Bonchev–Trinajstić information content (AvgIpc) is 2.34. The number of aryl methyl sites for hydroxylation is 2. The van der Waals surface area contributed by atoms with Gasteiger partial charge in [-0.15, -0.1) is 0 Å². The number of hydrogen-bond donors (Lipinski definition) is 1. The second-order valence-corrected chi connectivity index (χ2v) is 4.79. The van der Waals surface area contributed by atoms with Crippen LogP contribution in [-0.4, -0.2) is 5.11 Å². The summed E-state index contributed by atoms with van der Waals surface area (Å²) in [5.41, 5.74) is 3.88. The van der Waals surface area contributed by atoms with E-state index >= 15 is 0 Å². The molecule has 0 aliphatic rings. The highest BCUT2D eigenvalue weighted by atomic mass is 19.1. The van der Waals surface area contributed by atoms with Crippen molar-refractivity contribution in [2.45, 2.75) is 26.7 Å². The normalized spacial score (nSPS) is 12.4. The molecular weight excluding hydrogens is 227 g/mol. The molecule has 0 aromatic heterocycles. The Morgan fingerprint density at radius 3 is 2.28 bits per heavy atom. The zero-order valence-corrected chi connectivity index (χ0v) is 10.9. The van der Waals surface area contributed by atoms with E-state index in [-0.39, 0.29) is 11.7 Å². The summed E-state index contributed by atoms with van der Waals surface area (Å²) in [6.45, 7) is 5.91. The lowest BCUT2D eigenvalue weighted by atomic mass is 9.90. The number of aromatic hydroxyl groups is 1. The summed E-state index contributed by atoms with van der Waals surface area (Å²) in [5, 5.41) is 10.1.